The van der Waals surface area contributed by atoms with Gasteiger partial charge in [0.15, 0.2) is 6.04 Å². The van der Waals surface area contributed by atoms with E-state index < -0.39 is 24.1 Å². The van der Waals surface area contributed by atoms with Crippen molar-refractivity contribution in [1.82, 2.24) is 5.32 Å². The zero-order chi connectivity index (χ0) is 13.7. The summed E-state index contributed by atoms with van der Waals surface area (Å²) in [6, 6.07) is 4.79. The third-order valence-corrected chi connectivity index (χ3v) is 2.61. The van der Waals surface area contributed by atoms with Crippen LogP contribution >= 0.6 is 15.9 Å². The highest BCUT2D eigenvalue weighted by Crippen LogP contribution is 2.15. The van der Waals surface area contributed by atoms with Gasteiger partial charge in [0.1, 0.15) is 0 Å². The van der Waals surface area contributed by atoms with Gasteiger partial charge in [0, 0.05) is 10.2 Å². The molecule has 0 heterocycles. The molecule has 0 aliphatic heterocycles. The smallest absolute Gasteiger partial charge is 0.328 e. The van der Waals surface area contributed by atoms with Crippen molar-refractivity contribution in [3.63, 3.8) is 0 Å². The number of rotatable bonds is 4. The number of aliphatic hydroxyl groups is 1. The average Bonchev–Trinajstić information content (AvgIpc) is 2.25. The predicted octanol–water partition coefficient (Wildman–Crippen LogP) is 1.40. The lowest BCUT2D eigenvalue weighted by atomic mass is 10.2. The second kappa shape index (κ2) is 6.36. The van der Waals surface area contributed by atoms with E-state index in [1.807, 2.05) is 0 Å². The number of carbonyl (C=O) groups excluding carboxylic acids is 1. The molecule has 0 fully saturated rings. The normalized spacial score (nSPS) is 13.5. The number of urea groups is 1. The summed E-state index contributed by atoms with van der Waals surface area (Å²) in [5, 5.41) is 22.6. The molecule has 4 N–H and O–H groups in total. The molecule has 0 spiro atoms. The fraction of sp³-hybridized carbons (Fsp3) is 0.273. The number of carboxylic acids is 1. The standard InChI is InChI=1S/C11H13BrN2O4/c1-6(15)9(10(16)17)14-11(18)13-8-4-2-3-7(12)5-8/h2-6,9,15H,1H3,(H,16,17)(H2,13,14,18). The van der Waals surface area contributed by atoms with Crippen molar-refractivity contribution in [2.24, 2.45) is 0 Å². The molecule has 2 amide bonds. The zero-order valence-corrected chi connectivity index (χ0v) is 11.1. The molecular weight excluding hydrogens is 304 g/mol. The summed E-state index contributed by atoms with van der Waals surface area (Å²) in [6.45, 7) is 1.29. The van der Waals surface area contributed by atoms with E-state index in [0.29, 0.717) is 5.69 Å². The average molecular weight is 317 g/mol. The molecule has 0 saturated heterocycles. The highest BCUT2D eigenvalue weighted by Gasteiger charge is 2.24. The number of nitrogens with one attached hydrogen (secondary N) is 2. The Morgan fingerprint density at radius 1 is 1.39 bits per heavy atom. The number of amides is 2. The minimum atomic E-state index is -1.35. The van der Waals surface area contributed by atoms with Gasteiger partial charge in [-0.1, -0.05) is 22.0 Å². The van der Waals surface area contributed by atoms with Crippen LogP contribution in [-0.4, -0.2) is 34.4 Å². The molecule has 18 heavy (non-hydrogen) atoms. The third-order valence-electron chi connectivity index (χ3n) is 2.12. The second-order valence-electron chi connectivity index (χ2n) is 3.67. The first-order valence-corrected chi connectivity index (χ1v) is 5.93. The van der Waals surface area contributed by atoms with Crippen LogP contribution in [0.4, 0.5) is 10.5 Å². The quantitative estimate of drug-likeness (QED) is 0.675. The first kappa shape index (κ1) is 14.5. The number of hydrogen-bond donors (Lipinski definition) is 4. The summed E-state index contributed by atoms with van der Waals surface area (Å²) >= 11 is 3.24. The van der Waals surface area contributed by atoms with E-state index in [4.69, 9.17) is 5.11 Å². The Morgan fingerprint density at radius 3 is 2.56 bits per heavy atom. The Hall–Kier alpha value is -1.60. The fourth-order valence-corrected chi connectivity index (χ4v) is 1.66. The lowest BCUT2D eigenvalue weighted by Gasteiger charge is -2.17. The summed E-state index contributed by atoms with van der Waals surface area (Å²) in [6.07, 6.45) is -1.18. The van der Waals surface area contributed by atoms with E-state index in [9.17, 15) is 14.7 Å². The Labute approximate surface area is 112 Å². The summed E-state index contributed by atoms with van der Waals surface area (Å²) < 4.78 is 0.783. The molecule has 6 nitrogen and oxygen atoms in total. The van der Waals surface area contributed by atoms with Gasteiger partial charge in [-0.15, -0.1) is 0 Å². The summed E-state index contributed by atoms with van der Waals surface area (Å²) in [4.78, 5) is 22.3. The van der Waals surface area contributed by atoms with Crippen molar-refractivity contribution in [2.75, 3.05) is 5.32 Å². The van der Waals surface area contributed by atoms with Crippen molar-refractivity contribution in [2.45, 2.75) is 19.1 Å². The van der Waals surface area contributed by atoms with Crippen molar-refractivity contribution in [1.29, 1.82) is 0 Å². The van der Waals surface area contributed by atoms with Gasteiger partial charge in [-0.2, -0.15) is 0 Å². The second-order valence-corrected chi connectivity index (χ2v) is 4.58. The Balaban J connectivity index is 2.63. The predicted molar refractivity (Wildman–Crippen MR) is 69.4 cm³/mol. The van der Waals surface area contributed by atoms with Crippen molar-refractivity contribution in [3.05, 3.63) is 28.7 Å². The van der Waals surface area contributed by atoms with Crippen molar-refractivity contribution < 1.29 is 19.8 Å². The molecule has 0 radical (unpaired) electrons. The fourth-order valence-electron chi connectivity index (χ4n) is 1.26. The van der Waals surface area contributed by atoms with Crippen LogP contribution in [0, 0.1) is 0 Å². The van der Waals surface area contributed by atoms with Crippen molar-refractivity contribution in [3.8, 4) is 0 Å². The molecule has 1 aromatic carbocycles. The Bertz CT molecular complexity index is 450. The van der Waals surface area contributed by atoms with Crippen LogP contribution in [0.25, 0.3) is 0 Å². The van der Waals surface area contributed by atoms with E-state index in [1.54, 1.807) is 24.3 Å². The maximum absolute atomic E-state index is 11.5. The largest absolute Gasteiger partial charge is 0.480 e. The van der Waals surface area contributed by atoms with Gasteiger partial charge in [0.05, 0.1) is 6.10 Å². The van der Waals surface area contributed by atoms with Crippen LogP contribution in [0.2, 0.25) is 0 Å². The molecule has 0 aliphatic rings. The van der Waals surface area contributed by atoms with Gasteiger partial charge < -0.3 is 20.8 Å². The minimum Gasteiger partial charge on any atom is -0.480 e. The van der Waals surface area contributed by atoms with Gasteiger partial charge in [-0.25, -0.2) is 9.59 Å². The first-order valence-electron chi connectivity index (χ1n) is 5.14. The zero-order valence-electron chi connectivity index (χ0n) is 9.55. The topological polar surface area (TPSA) is 98.7 Å². The van der Waals surface area contributed by atoms with Crippen molar-refractivity contribution >= 4 is 33.6 Å². The van der Waals surface area contributed by atoms with Crippen LogP contribution in [0.3, 0.4) is 0 Å². The number of benzene rings is 1. The third kappa shape index (κ3) is 4.34. The van der Waals surface area contributed by atoms with Gasteiger partial charge in [-0.3, -0.25) is 0 Å². The maximum Gasteiger partial charge on any atom is 0.328 e. The van der Waals surface area contributed by atoms with Crippen LogP contribution in [0.1, 0.15) is 6.92 Å². The number of carboxylic acid groups (broad SMARTS) is 1. The molecular formula is C11H13BrN2O4. The molecule has 0 aliphatic carbocycles. The van der Waals surface area contributed by atoms with E-state index in [2.05, 4.69) is 26.6 Å². The lowest BCUT2D eigenvalue weighted by Crippen LogP contribution is -2.49. The van der Waals surface area contributed by atoms with Crippen LogP contribution in [0.5, 0.6) is 0 Å². The molecule has 98 valence electrons. The number of aliphatic hydroxyl groups excluding tert-OH is 1. The molecule has 2 atom stereocenters. The monoisotopic (exact) mass is 316 g/mol. The van der Waals surface area contributed by atoms with Gasteiger partial charge in [0.25, 0.3) is 0 Å². The van der Waals surface area contributed by atoms with Gasteiger partial charge >= 0.3 is 12.0 Å². The Kier molecular flexibility index (Phi) is 5.11. The molecule has 7 heteroatoms. The molecule has 1 aromatic rings. The highest BCUT2D eigenvalue weighted by atomic mass is 79.9. The van der Waals surface area contributed by atoms with Crippen LogP contribution in [0.15, 0.2) is 28.7 Å². The first-order chi connectivity index (χ1) is 8.40. The molecule has 1 rings (SSSR count). The van der Waals surface area contributed by atoms with Gasteiger partial charge in [0.2, 0.25) is 0 Å². The molecule has 0 aromatic heterocycles. The SMILES string of the molecule is CC(O)C(NC(=O)Nc1cccc(Br)c1)C(=O)O. The molecule has 2 unspecified atom stereocenters. The lowest BCUT2D eigenvalue weighted by molar-refractivity contribution is -0.141. The summed E-state index contributed by atoms with van der Waals surface area (Å²) in [5.41, 5.74) is 0.511. The van der Waals surface area contributed by atoms with E-state index in [1.165, 1.54) is 6.92 Å². The van der Waals surface area contributed by atoms with E-state index in [0.717, 1.165) is 4.47 Å². The number of anilines is 1. The number of aliphatic carboxylic acids is 1. The van der Waals surface area contributed by atoms with Crippen LogP contribution < -0.4 is 10.6 Å². The maximum atomic E-state index is 11.5. The van der Waals surface area contributed by atoms with E-state index >= 15 is 0 Å². The van der Waals surface area contributed by atoms with E-state index in [-0.39, 0.29) is 0 Å². The number of carbonyl (C=O) groups is 2. The molecule has 0 bridgehead atoms. The molecule has 0 saturated carbocycles. The highest BCUT2D eigenvalue weighted by molar-refractivity contribution is 9.10. The minimum absolute atomic E-state index is 0.511. The number of halogens is 1. The Morgan fingerprint density at radius 2 is 2.06 bits per heavy atom. The van der Waals surface area contributed by atoms with Crippen LogP contribution in [-0.2, 0) is 4.79 Å². The number of hydrogen-bond acceptors (Lipinski definition) is 3. The van der Waals surface area contributed by atoms with Gasteiger partial charge in [-0.05, 0) is 25.1 Å². The summed E-state index contributed by atoms with van der Waals surface area (Å²) in [5.74, 6) is -1.30. The summed E-state index contributed by atoms with van der Waals surface area (Å²) in [7, 11) is 0.